The number of hydrogen-bond acceptors (Lipinski definition) is 8. The molecule has 2 saturated heterocycles. The molecule has 1 aromatic carbocycles. The number of morpholine rings is 1. The topological polar surface area (TPSA) is 92.5 Å². The lowest BCUT2D eigenvalue weighted by Gasteiger charge is -2.45. The summed E-state index contributed by atoms with van der Waals surface area (Å²) in [4.78, 5) is 15.5. The van der Waals surface area contributed by atoms with Crippen molar-refractivity contribution in [3.63, 3.8) is 0 Å². The maximum absolute atomic E-state index is 12.0. The monoisotopic (exact) mass is 477 g/mol. The van der Waals surface area contributed by atoms with Crippen molar-refractivity contribution in [3.8, 4) is 28.1 Å². The van der Waals surface area contributed by atoms with Gasteiger partial charge in [0.15, 0.2) is 5.82 Å². The fourth-order valence-corrected chi connectivity index (χ4v) is 6.23. The van der Waals surface area contributed by atoms with Crippen LogP contribution in [0.2, 0.25) is 0 Å². The van der Waals surface area contributed by atoms with Crippen molar-refractivity contribution in [1.82, 2.24) is 20.1 Å². The largest absolute Gasteiger partial charge is 0.507 e. The van der Waals surface area contributed by atoms with Gasteiger partial charge < -0.3 is 24.6 Å². The number of phenols is 1. The molecule has 0 saturated carbocycles. The van der Waals surface area contributed by atoms with Gasteiger partial charge in [-0.3, -0.25) is 4.79 Å². The van der Waals surface area contributed by atoms with Crippen LogP contribution in [-0.4, -0.2) is 63.5 Å². The van der Waals surface area contributed by atoms with Crippen LogP contribution in [0.1, 0.15) is 12.8 Å². The van der Waals surface area contributed by atoms with Crippen molar-refractivity contribution in [2.45, 2.75) is 35.9 Å². The fraction of sp³-hybridized carbons (Fsp3) is 0.400. The van der Waals surface area contributed by atoms with Gasteiger partial charge in [0, 0.05) is 55.3 Å². The second-order valence-corrected chi connectivity index (χ2v) is 10.4. The van der Waals surface area contributed by atoms with Crippen molar-refractivity contribution in [2.24, 2.45) is 7.05 Å². The third-order valence-corrected chi connectivity index (χ3v) is 7.98. The first-order valence-corrected chi connectivity index (χ1v) is 12.6. The molecule has 8 nitrogen and oxygen atoms in total. The van der Waals surface area contributed by atoms with E-state index in [0.29, 0.717) is 29.4 Å². The molecular weight excluding hydrogens is 450 g/mol. The minimum Gasteiger partial charge on any atom is -0.507 e. The molecular formula is C25H27N5O3S. The van der Waals surface area contributed by atoms with E-state index in [9.17, 15) is 9.90 Å². The zero-order chi connectivity index (χ0) is 23.2. The van der Waals surface area contributed by atoms with Gasteiger partial charge in [-0.25, -0.2) is 0 Å². The highest BCUT2D eigenvalue weighted by Crippen LogP contribution is 2.40. The summed E-state index contributed by atoms with van der Waals surface area (Å²) < 4.78 is 7.23. The molecule has 3 aromatic rings. The van der Waals surface area contributed by atoms with E-state index < -0.39 is 0 Å². The van der Waals surface area contributed by atoms with Gasteiger partial charge in [-0.1, -0.05) is 6.07 Å². The third kappa shape index (κ3) is 3.97. The van der Waals surface area contributed by atoms with E-state index in [1.54, 1.807) is 37.1 Å². The summed E-state index contributed by atoms with van der Waals surface area (Å²) in [6.07, 6.45) is 3.83. The van der Waals surface area contributed by atoms with Crippen molar-refractivity contribution >= 4 is 17.6 Å². The summed E-state index contributed by atoms with van der Waals surface area (Å²) in [5, 5.41) is 23.6. The van der Waals surface area contributed by atoms with Crippen molar-refractivity contribution in [3.05, 3.63) is 52.9 Å². The molecule has 0 amide bonds. The van der Waals surface area contributed by atoms with E-state index in [1.807, 2.05) is 24.3 Å². The first kappa shape index (κ1) is 21.6. The molecule has 3 aliphatic heterocycles. The molecule has 176 valence electrons. The van der Waals surface area contributed by atoms with Crippen LogP contribution in [0.5, 0.6) is 5.75 Å². The summed E-state index contributed by atoms with van der Waals surface area (Å²) in [6, 6.07) is 12.1. The smallest absolute Gasteiger partial charge is 0.250 e. The Bertz CT molecular complexity index is 1280. The number of rotatable bonds is 3. The number of thioether (sulfide) groups is 1. The number of ether oxygens (including phenoxy) is 1. The minimum atomic E-state index is -0.0897. The van der Waals surface area contributed by atoms with Crippen molar-refractivity contribution in [1.29, 1.82) is 0 Å². The SMILES string of the molecule is Cn1ccc(-c2ccc(-c3cc4c(nn3)N(C3C[C@H]5COC[C@@H](C3)N5)CCS4)c(O)c2)cc1=O. The van der Waals surface area contributed by atoms with Crippen molar-refractivity contribution in [2.75, 3.05) is 30.4 Å². The number of piperidine rings is 1. The molecule has 2 aromatic heterocycles. The van der Waals surface area contributed by atoms with E-state index in [-0.39, 0.29) is 11.3 Å². The second kappa shape index (κ2) is 8.72. The Morgan fingerprint density at radius 1 is 1.09 bits per heavy atom. The van der Waals surface area contributed by atoms with Gasteiger partial charge in [-0.2, -0.15) is 0 Å². The number of hydrogen-bond donors (Lipinski definition) is 2. The van der Waals surface area contributed by atoms with Gasteiger partial charge in [-0.15, -0.1) is 22.0 Å². The molecule has 9 heteroatoms. The predicted molar refractivity (Wildman–Crippen MR) is 132 cm³/mol. The fourth-order valence-electron chi connectivity index (χ4n) is 5.24. The maximum atomic E-state index is 12.0. The Labute approximate surface area is 202 Å². The molecule has 2 bridgehead atoms. The van der Waals surface area contributed by atoms with E-state index in [0.717, 1.165) is 60.2 Å². The molecule has 1 unspecified atom stereocenters. The molecule has 0 aliphatic carbocycles. The van der Waals surface area contributed by atoms with E-state index in [1.165, 1.54) is 4.57 Å². The number of aromatic hydroxyl groups is 1. The average molecular weight is 478 g/mol. The summed E-state index contributed by atoms with van der Waals surface area (Å²) in [5.74, 6) is 2.07. The van der Waals surface area contributed by atoms with Gasteiger partial charge in [-0.05, 0) is 48.2 Å². The molecule has 5 heterocycles. The third-order valence-electron chi connectivity index (χ3n) is 6.98. The summed E-state index contributed by atoms with van der Waals surface area (Å²) in [6.45, 7) is 2.52. The number of nitrogens with one attached hydrogen (secondary N) is 1. The summed E-state index contributed by atoms with van der Waals surface area (Å²) in [7, 11) is 1.71. The lowest BCUT2D eigenvalue weighted by Crippen LogP contribution is -2.59. The van der Waals surface area contributed by atoms with E-state index in [2.05, 4.69) is 20.4 Å². The summed E-state index contributed by atoms with van der Waals surface area (Å²) in [5.41, 5.74) is 2.75. The van der Waals surface area contributed by atoms with Gasteiger partial charge in [0.05, 0.1) is 23.8 Å². The maximum Gasteiger partial charge on any atom is 0.250 e. The molecule has 2 N–H and O–H groups in total. The summed E-state index contributed by atoms with van der Waals surface area (Å²) >= 11 is 1.79. The molecule has 6 rings (SSSR count). The van der Waals surface area contributed by atoms with Gasteiger partial charge in [0.1, 0.15) is 5.75 Å². The molecule has 0 spiro atoms. The van der Waals surface area contributed by atoms with Crippen LogP contribution >= 0.6 is 11.8 Å². The molecule has 0 radical (unpaired) electrons. The first-order chi connectivity index (χ1) is 16.5. The Morgan fingerprint density at radius 2 is 1.88 bits per heavy atom. The quantitative estimate of drug-likeness (QED) is 0.595. The highest BCUT2D eigenvalue weighted by atomic mass is 32.2. The highest BCUT2D eigenvalue weighted by Gasteiger charge is 2.37. The van der Waals surface area contributed by atoms with Crippen LogP contribution in [0.3, 0.4) is 0 Å². The minimum absolute atomic E-state index is 0.0897. The average Bonchev–Trinajstić information content (AvgIpc) is 2.84. The number of aryl methyl sites for hydroxylation is 1. The molecule has 34 heavy (non-hydrogen) atoms. The van der Waals surface area contributed by atoms with Crippen LogP contribution < -0.4 is 15.8 Å². The predicted octanol–water partition coefficient (Wildman–Crippen LogP) is 2.65. The zero-order valence-electron chi connectivity index (χ0n) is 19.0. The number of pyridine rings is 1. The van der Waals surface area contributed by atoms with E-state index >= 15 is 0 Å². The van der Waals surface area contributed by atoms with Crippen LogP contribution in [0.25, 0.3) is 22.4 Å². The molecule has 3 atom stereocenters. The lowest BCUT2D eigenvalue weighted by molar-refractivity contribution is 0.0178. The Kier molecular flexibility index (Phi) is 5.55. The molecule has 2 fully saturated rings. The lowest BCUT2D eigenvalue weighted by atomic mass is 9.91. The van der Waals surface area contributed by atoms with Crippen LogP contribution in [0.15, 0.2) is 52.3 Å². The van der Waals surface area contributed by atoms with Gasteiger partial charge >= 0.3 is 0 Å². The highest BCUT2D eigenvalue weighted by molar-refractivity contribution is 7.99. The number of phenolic OH excluding ortho intramolecular Hbond substituents is 1. The van der Waals surface area contributed by atoms with E-state index in [4.69, 9.17) is 4.74 Å². The van der Waals surface area contributed by atoms with Crippen LogP contribution in [-0.2, 0) is 11.8 Å². The van der Waals surface area contributed by atoms with Gasteiger partial charge in [0.25, 0.3) is 5.56 Å². The Morgan fingerprint density at radius 3 is 2.65 bits per heavy atom. The van der Waals surface area contributed by atoms with Crippen molar-refractivity contribution < 1.29 is 9.84 Å². The van der Waals surface area contributed by atoms with Crippen LogP contribution in [0.4, 0.5) is 5.82 Å². The van der Waals surface area contributed by atoms with Gasteiger partial charge in [0.2, 0.25) is 0 Å². The number of aromatic nitrogens is 3. The Hall–Kier alpha value is -2.88. The standard InChI is InChI=1S/C25H27N5O3S/c1-29-5-4-16(9-24(29)32)15-2-3-20(22(31)8-15)21-12-23-25(28-27-21)30(6-7-34-23)19-10-17-13-33-14-18(11-19)26-17/h2-5,8-9,12,17-19,26,31H,6-7,10-11,13-14H2,1H3/t17-,18+,19?. The number of benzene rings is 1. The zero-order valence-corrected chi connectivity index (χ0v) is 19.8. The second-order valence-electron chi connectivity index (χ2n) is 9.28. The molecule has 3 aliphatic rings. The number of fused-ring (bicyclic) bond motifs is 3. The van der Waals surface area contributed by atoms with Crippen LogP contribution in [0, 0.1) is 0 Å². The number of nitrogens with zero attached hydrogens (tertiary/aromatic N) is 4. The Balaban J connectivity index is 1.28. The first-order valence-electron chi connectivity index (χ1n) is 11.7. The normalized spacial score (nSPS) is 24.0. The number of anilines is 1.